The van der Waals surface area contributed by atoms with E-state index in [2.05, 4.69) is 0 Å². The summed E-state index contributed by atoms with van der Waals surface area (Å²) in [5.74, 6) is -1.04. The van der Waals surface area contributed by atoms with Crippen molar-refractivity contribution in [3.63, 3.8) is 0 Å². The molecule has 1 N–H and O–H groups in total. The van der Waals surface area contributed by atoms with Crippen LogP contribution in [-0.2, 0) is 30.6 Å². The van der Waals surface area contributed by atoms with Crippen molar-refractivity contribution in [1.82, 2.24) is 0 Å². The molecule has 0 amide bonds. The predicted octanol–water partition coefficient (Wildman–Crippen LogP) is 5.76. The first-order valence-electron chi connectivity index (χ1n) is 12.4. The summed E-state index contributed by atoms with van der Waals surface area (Å²) in [5.41, 5.74) is 1.43. The molecule has 0 bridgehead atoms. The lowest BCUT2D eigenvalue weighted by Gasteiger charge is -2.44. The first-order chi connectivity index (χ1) is 17.8. The Kier molecular flexibility index (Phi) is 6.90. The van der Waals surface area contributed by atoms with Gasteiger partial charge in [0.1, 0.15) is 22.6 Å². The predicted molar refractivity (Wildman–Crippen MR) is 147 cm³/mol. The van der Waals surface area contributed by atoms with Crippen LogP contribution in [0, 0.1) is 0 Å². The molecule has 1 saturated heterocycles. The van der Waals surface area contributed by atoms with Gasteiger partial charge in [-0.25, -0.2) is 0 Å². The van der Waals surface area contributed by atoms with Crippen molar-refractivity contribution in [2.45, 2.75) is 42.2 Å². The van der Waals surface area contributed by atoms with E-state index in [9.17, 15) is 9.32 Å². The molecule has 1 heterocycles. The molecule has 0 aromatic heterocycles. The zero-order valence-corrected chi connectivity index (χ0v) is 22.1. The summed E-state index contributed by atoms with van der Waals surface area (Å²) >= 11 is 0. The first kappa shape index (κ1) is 25.6. The molecule has 1 aliphatic heterocycles. The van der Waals surface area contributed by atoms with E-state index in [0.717, 1.165) is 11.1 Å². The van der Waals surface area contributed by atoms with Gasteiger partial charge in [0.2, 0.25) is 0 Å². The van der Waals surface area contributed by atoms with Crippen LogP contribution in [-0.4, -0.2) is 33.6 Å². The Balaban J connectivity index is 1.83. The SMILES string of the molecule is CS(=O)C(c1ccccc1)(c1ccccc1)[C@@H]1OC(C)(C)O[C@H]1C(O)(c1ccccc1)c1ccccc1. The summed E-state index contributed by atoms with van der Waals surface area (Å²) in [7, 11) is -1.47. The average molecular weight is 513 g/mol. The third-order valence-corrected chi connectivity index (χ3v) is 8.81. The van der Waals surface area contributed by atoms with Gasteiger partial charge in [-0.3, -0.25) is 4.21 Å². The van der Waals surface area contributed by atoms with Gasteiger partial charge in [-0.1, -0.05) is 121 Å². The van der Waals surface area contributed by atoms with E-state index in [4.69, 9.17) is 9.47 Å². The molecule has 37 heavy (non-hydrogen) atoms. The Hall–Kier alpha value is -3.09. The second-order valence-corrected chi connectivity index (χ2v) is 11.4. The molecule has 1 unspecified atom stereocenters. The molecule has 0 radical (unpaired) electrons. The van der Waals surface area contributed by atoms with E-state index in [1.54, 1.807) is 6.26 Å². The maximum Gasteiger partial charge on any atom is 0.164 e. The lowest BCUT2D eigenvalue weighted by Crippen LogP contribution is -2.56. The number of benzene rings is 4. The van der Waals surface area contributed by atoms with Crippen molar-refractivity contribution in [3.05, 3.63) is 144 Å². The van der Waals surface area contributed by atoms with E-state index in [1.165, 1.54) is 0 Å². The molecule has 5 heteroatoms. The van der Waals surface area contributed by atoms with Gasteiger partial charge in [0.25, 0.3) is 0 Å². The minimum Gasteiger partial charge on any atom is -0.378 e. The molecule has 4 nitrogen and oxygen atoms in total. The lowest BCUT2D eigenvalue weighted by atomic mass is 9.74. The largest absolute Gasteiger partial charge is 0.378 e. The minimum absolute atomic E-state index is 0.675. The molecular formula is C32H32O4S. The van der Waals surface area contributed by atoms with Gasteiger partial charge in [0.15, 0.2) is 5.79 Å². The molecule has 0 saturated carbocycles. The quantitative estimate of drug-likeness (QED) is 0.342. The van der Waals surface area contributed by atoms with Crippen LogP contribution in [0.15, 0.2) is 121 Å². The Labute approximate surface area is 221 Å². The highest BCUT2D eigenvalue weighted by Gasteiger charge is 2.63. The van der Waals surface area contributed by atoms with Crippen molar-refractivity contribution in [2.75, 3.05) is 6.26 Å². The Morgan fingerprint density at radius 3 is 1.30 bits per heavy atom. The maximum absolute atomic E-state index is 14.1. The summed E-state index contributed by atoms with van der Waals surface area (Å²) in [5, 5.41) is 12.8. The lowest BCUT2D eigenvalue weighted by molar-refractivity contribution is -0.166. The highest BCUT2D eigenvalue weighted by molar-refractivity contribution is 7.85. The fourth-order valence-electron chi connectivity index (χ4n) is 5.61. The Bertz CT molecular complexity index is 1260. The molecule has 1 aliphatic rings. The Morgan fingerprint density at radius 1 is 0.622 bits per heavy atom. The number of hydrogen-bond donors (Lipinski definition) is 1. The summed E-state index contributed by atoms with van der Waals surface area (Å²) < 4.78 is 26.3. The molecular weight excluding hydrogens is 480 g/mol. The van der Waals surface area contributed by atoms with Gasteiger partial charge < -0.3 is 14.6 Å². The average Bonchev–Trinajstić information content (AvgIpc) is 3.26. The maximum atomic E-state index is 14.1. The zero-order chi connectivity index (χ0) is 26.1. The van der Waals surface area contributed by atoms with Crippen LogP contribution in [0.4, 0.5) is 0 Å². The molecule has 5 rings (SSSR count). The summed E-state index contributed by atoms with van der Waals surface area (Å²) in [6, 6.07) is 38.6. The van der Waals surface area contributed by atoms with E-state index in [1.807, 2.05) is 135 Å². The molecule has 0 spiro atoms. The third kappa shape index (κ3) is 4.36. The van der Waals surface area contributed by atoms with Gasteiger partial charge in [0, 0.05) is 17.1 Å². The zero-order valence-electron chi connectivity index (χ0n) is 21.3. The summed E-state index contributed by atoms with van der Waals surface area (Å²) in [4.78, 5) is 0. The fourth-order valence-corrected chi connectivity index (χ4v) is 7.04. The first-order valence-corrected chi connectivity index (χ1v) is 14.0. The number of hydrogen-bond acceptors (Lipinski definition) is 4. The molecule has 3 atom stereocenters. The molecule has 1 fully saturated rings. The highest BCUT2D eigenvalue weighted by atomic mass is 32.2. The van der Waals surface area contributed by atoms with Crippen molar-refractivity contribution < 1.29 is 18.8 Å². The van der Waals surface area contributed by atoms with Gasteiger partial charge in [-0.15, -0.1) is 0 Å². The number of ether oxygens (including phenoxy) is 2. The van der Waals surface area contributed by atoms with Crippen molar-refractivity contribution in [2.24, 2.45) is 0 Å². The minimum atomic E-state index is -1.59. The fraction of sp³-hybridized carbons (Fsp3) is 0.250. The monoisotopic (exact) mass is 512 g/mol. The molecule has 4 aromatic rings. The summed E-state index contributed by atoms with van der Waals surface area (Å²) in [6.45, 7) is 3.69. The highest BCUT2D eigenvalue weighted by Crippen LogP contribution is 2.52. The molecule has 0 aliphatic carbocycles. The van der Waals surface area contributed by atoms with Crippen molar-refractivity contribution in [3.8, 4) is 0 Å². The van der Waals surface area contributed by atoms with Crippen LogP contribution < -0.4 is 0 Å². The van der Waals surface area contributed by atoms with Crippen LogP contribution in [0.5, 0.6) is 0 Å². The number of rotatable bonds is 7. The van der Waals surface area contributed by atoms with Crippen LogP contribution in [0.1, 0.15) is 36.1 Å². The third-order valence-electron chi connectivity index (χ3n) is 7.20. The standard InChI is InChI=1S/C32H32O4S/c1-30(2)35-28(31(33,24-16-8-4-9-17-24)25-18-10-5-11-19-25)29(36-30)32(37(3)34,26-20-12-6-13-21-26)27-22-14-7-15-23-27/h4-23,28-29,33H,1-3H3/t28-,29-,37?/m1/s1. The molecule has 4 aromatic carbocycles. The van der Waals surface area contributed by atoms with Gasteiger partial charge >= 0.3 is 0 Å². The second-order valence-electron chi connectivity index (χ2n) is 9.90. The normalized spacial score (nSPS) is 20.4. The smallest absolute Gasteiger partial charge is 0.164 e. The van der Waals surface area contributed by atoms with Crippen LogP contribution in [0.25, 0.3) is 0 Å². The topological polar surface area (TPSA) is 55.8 Å². The van der Waals surface area contributed by atoms with Gasteiger partial charge in [-0.2, -0.15) is 0 Å². The number of aliphatic hydroxyl groups is 1. The molecule has 190 valence electrons. The van der Waals surface area contributed by atoms with Gasteiger partial charge in [0.05, 0.1) is 0 Å². The van der Waals surface area contributed by atoms with Crippen molar-refractivity contribution >= 4 is 10.8 Å². The summed E-state index contributed by atoms with van der Waals surface area (Å²) in [6.07, 6.45) is 0.00990. The van der Waals surface area contributed by atoms with E-state index in [0.29, 0.717) is 11.1 Å². The van der Waals surface area contributed by atoms with E-state index >= 15 is 0 Å². The van der Waals surface area contributed by atoms with E-state index in [-0.39, 0.29) is 0 Å². The second kappa shape index (κ2) is 9.99. The van der Waals surface area contributed by atoms with Crippen molar-refractivity contribution in [1.29, 1.82) is 0 Å². The van der Waals surface area contributed by atoms with Crippen LogP contribution in [0.3, 0.4) is 0 Å². The van der Waals surface area contributed by atoms with Crippen LogP contribution >= 0.6 is 0 Å². The van der Waals surface area contributed by atoms with Crippen LogP contribution in [0.2, 0.25) is 0 Å². The van der Waals surface area contributed by atoms with Gasteiger partial charge in [-0.05, 0) is 36.1 Å². The van der Waals surface area contributed by atoms with E-state index < -0.39 is 39.1 Å². The Morgan fingerprint density at radius 2 is 0.946 bits per heavy atom.